The molecule has 8 heteroatoms. The summed E-state index contributed by atoms with van der Waals surface area (Å²) in [7, 11) is 0. The summed E-state index contributed by atoms with van der Waals surface area (Å²) in [6, 6.07) is -0.108. The first kappa shape index (κ1) is 13.6. The number of nitrogens with one attached hydrogen (secondary N) is 1. The van der Waals surface area contributed by atoms with Crippen molar-refractivity contribution in [3.8, 4) is 0 Å². The van der Waals surface area contributed by atoms with Gasteiger partial charge in [-0.15, -0.1) is 0 Å². The van der Waals surface area contributed by atoms with E-state index in [2.05, 4.69) is 44.1 Å². The summed E-state index contributed by atoms with van der Waals surface area (Å²) in [5, 5.41) is 10.1. The fourth-order valence-corrected chi connectivity index (χ4v) is 3.86. The Morgan fingerprint density at radius 1 is 1.65 bits per heavy atom. The van der Waals surface area contributed by atoms with E-state index in [-0.39, 0.29) is 29.0 Å². The minimum atomic E-state index is -0.429. The lowest BCUT2D eigenvalue weighted by atomic mass is 10.0. The topological polar surface area (TPSA) is 110 Å². The number of alkyl halides is 1. The van der Waals surface area contributed by atoms with Crippen molar-refractivity contribution in [3.05, 3.63) is 28.8 Å². The summed E-state index contributed by atoms with van der Waals surface area (Å²) >= 11 is 2.24. The number of rotatable bonds is 2. The smallest absolute Gasteiger partial charge is 0.280 e. The van der Waals surface area contributed by atoms with Crippen LogP contribution in [0.5, 0.6) is 0 Å². The number of H-pyrrole nitrogens is 1. The Bertz CT molecular complexity index is 737. The highest BCUT2D eigenvalue weighted by molar-refractivity contribution is 14.1. The van der Waals surface area contributed by atoms with E-state index in [1.807, 2.05) is 0 Å². The first-order valence-electron chi connectivity index (χ1n) is 6.18. The molecule has 2 aromatic rings. The molecule has 0 spiro atoms. The summed E-state index contributed by atoms with van der Waals surface area (Å²) in [4.78, 5) is 22.4. The van der Waals surface area contributed by atoms with Crippen LogP contribution in [0.3, 0.4) is 0 Å². The first-order valence-corrected chi connectivity index (χ1v) is 7.70. The molecule has 2 aromatic heterocycles. The number of nitrogens with zero attached hydrogens (tertiary/aromatic N) is 3. The van der Waals surface area contributed by atoms with Crippen LogP contribution in [0.1, 0.15) is 12.5 Å². The monoisotopic (exact) mass is 387 g/mol. The molecule has 0 radical (unpaired) electrons. The summed E-state index contributed by atoms with van der Waals surface area (Å²) in [6.07, 6.45) is 1.68. The maximum Gasteiger partial charge on any atom is 0.280 e. The fourth-order valence-electron chi connectivity index (χ4n) is 2.70. The van der Waals surface area contributed by atoms with Gasteiger partial charge in [0.25, 0.3) is 5.56 Å². The Labute approximate surface area is 128 Å². The van der Waals surface area contributed by atoms with E-state index >= 15 is 0 Å². The van der Waals surface area contributed by atoms with Crippen LogP contribution in [0.2, 0.25) is 0 Å². The molecule has 106 valence electrons. The molecule has 0 unspecified atom stereocenters. The van der Waals surface area contributed by atoms with Crippen molar-refractivity contribution in [2.45, 2.75) is 18.6 Å². The molecule has 20 heavy (non-hydrogen) atoms. The Balaban J connectivity index is 2.12. The molecule has 1 aliphatic rings. The normalized spacial score (nSPS) is 26.5. The van der Waals surface area contributed by atoms with Gasteiger partial charge in [-0.05, 0) is 12.0 Å². The third-order valence-corrected chi connectivity index (χ3v) is 4.74. The van der Waals surface area contributed by atoms with Gasteiger partial charge in [0.2, 0.25) is 5.95 Å². The number of anilines is 1. The zero-order chi connectivity index (χ0) is 14.4. The van der Waals surface area contributed by atoms with Gasteiger partial charge in [0, 0.05) is 10.3 Å². The molecule has 2 heterocycles. The van der Waals surface area contributed by atoms with Crippen LogP contribution in [0, 0.1) is 5.92 Å². The molecule has 1 saturated carbocycles. The molecule has 0 aromatic carbocycles. The molecule has 0 bridgehead atoms. The lowest BCUT2D eigenvalue weighted by molar-refractivity contribution is 0.148. The molecule has 0 aliphatic heterocycles. The predicted molar refractivity (Wildman–Crippen MR) is 83.7 cm³/mol. The quantitative estimate of drug-likeness (QED) is 0.398. The number of aliphatic hydroxyl groups excluding tert-OH is 1. The highest BCUT2D eigenvalue weighted by atomic mass is 127. The van der Waals surface area contributed by atoms with Crippen LogP contribution in [-0.2, 0) is 0 Å². The lowest BCUT2D eigenvalue weighted by Crippen LogP contribution is -2.14. The third-order valence-electron chi connectivity index (χ3n) is 3.79. The van der Waals surface area contributed by atoms with E-state index in [9.17, 15) is 9.90 Å². The molecule has 7 nitrogen and oxygen atoms in total. The fraction of sp³-hybridized carbons (Fsp3) is 0.417. The standard InChI is InChI=1S/C12H14IN5O2/c1-5-6(3-13)8(19)2-7(5)18-4-15-9-10(18)16-12(14)17-11(9)20/h4,6-8,19H,1-3H2,(H3,14,16,17,20)/t6-,7-,8-/m0/s1. The second-order valence-electron chi connectivity index (χ2n) is 4.93. The second kappa shape index (κ2) is 4.85. The number of nitrogens with two attached hydrogens (primary N) is 1. The Morgan fingerprint density at radius 2 is 2.40 bits per heavy atom. The number of imidazole rings is 1. The maximum absolute atomic E-state index is 11.8. The Hall–Kier alpha value is -1.42. The van der Waals surface area contributed by atoms with Crippen LogP contribution in [0.15, 0.2) is 23.3 Å². The minimum absolute atomic E-state index is 0.0531. The number of halogens is 1. The second-order valence-corrected chi connectivity index (χ2v) is 5.81. The highest BCUT2D eigenvalue weighted by Crippen LogP contribution is 2.40. The average molecular weight is 387 g/mol. The average Bonchev–Trinajstić information content (AvgIpc) is 2.91. The number of fused-ring (bicyclic) bond motifs is 1. The molecule has 1 aliphatic carbocycles. The zero-order valence-electron chi connectivity index (χ0n) is 10.6. The SMILES string of the molecule is C=C1[C@H](CI)[C@@H](O)C[C@@H]1n1cnc2c(=O)[nH]c(N)nc21. The van der Waals surface area contributed by atoms with Crippen LogP contribution in [-0.4, -0.2) is 35.2 Å². The van der Waals surface area contributed by atoms with Gasteiger partial charge in [-0.3, -0.25) is 9.78 Å². The van der Waals surface area contributed by atoms with E-state index in [1.165, 1.54) is 0 Å². The highest BCUT2D eigenvalue weighted by Gasteiger charge is 2.37. The van der Waals surface area contributed by atoms with E-state index in [1.54, 1.807) is 10.9 Å². The minimum Gasteiger partial charge on any atom is -0.392 e. The number of aromatic nitrogens is 4. The molecule has 0 saturated heterocycles. The van der Waals surface area contributed by atoms with Gasteiger partial charge >= 0.3 is 0 Å². The van der Waals surface area contributed by atoms with Crippen LogP contribution in [0.4, 0.5) is 5.95 Å². The van der Waals surface area contributed by atoms with E-state index in [0.717, 1.165) is 10.0 Å². The summed E-state index contributed by atoms with van der Waals surface area (Å²) in [5.41, 5.74) is 6.84. The van der Waals surface area contributed by atoms with E-state index in [4.69, 9.17) is 5.73 Å². The van der Waals surface area contributed by atoms with Crippen molar-refractivity contribution in [1.82, 2.24) is 19.5 Å². The molecular formula is C12H14IN5O2. The van der Waals surface area contributed by atoms with E-state index in [0.29, 0.717) is 12.1 Å². The Morgan fingerprint density at radius 3 is 3.05 bits per heavy atom. The predicted octanol–water partition coefficient (Wildman–Crippen LogP) is 0.615. The lowest BCUT2D eigenvalue weighted by Gasteiger charge is -2.15. The molecule has 0 amide bonds. The van der Waals surface area contributed by atoms with Gasteiger partial charge in [0.05, 0.1) is 18.5 Å². The molecule has 3 atom stereocenters. The number of nitrogen functional groups attached to an aromatic ring is 1. The van der Waals surface area contributed by atoms with Crippen LogP contribution in [0.25, 0.3) is 11.2 Å². The van der Waals surface area contributed by atoms with Crippen LogP contribution >= 0.6 is 22.6 Å². The molecular weight excluding hydrogens is 373 g/mol. The number of aliphatic hydroxyl groups is 1. The van der Waals surface area contributed by atoms with Crippen molar-refractivity contribution in [2.24, 2.45) is 5.92 Å². The van der Waals surface area contributed by atoms with Gasteiger partial charge in [0.1, 0.15) is 0 Å². The van der Waals surface area contributed by atoms with Gasteiger partial charge in [-0.1, -0.05) is 29.2 Å². The van der Waals surface area contributed by atoms with Gasteiger partial charge in [-0.25, -0.2) is 4.98 Å². The van der Waals surface area contributed by atoms with Crippen molar-refractivity contribution in [1.29, 1.82) is 0 Å². The van der Waals surface area contributed by atoms with Crippen molar-refractivity contribution >= 4 is 39.7 Å². The molecule has 1 fully saturated rings. The van der Waals surface area contributed by atoms with Gasteiger partial charge < -0.3 is 15.4 Å². The van der Waals surface area contributed by atoms with Crippen molar-refractivity contribution in [3.63, 3.8) is 0 Å². The maximum atomic E-state index is 11.8. The van der Waals surface area contributed by atoms with Gasteiger partial charge in [-0.2, -0.15) is 4.98 Å². The molecule has 4 N–H and O–H groups in total. The number of hydrogen-bond donors (Lipinski definition) is 3. The summed E-state index contributed by atoms with van der Waals surface area (Å²) in [5.74, 6) is 0.108. The third kappa shape index (κ3) is 1.94. The summed E-state index contributed by atoms with van der Waals surface area (Å²) < 4.78 is 2.58. The van der Waals surface area contributed by atoms with E-state index < -0.39 is 6.10 Å². The Kier molecular flexibility index (Phi) is 3.28. The van der Waals surface area contributed by atoms with Gasteiger partial charge in [0.15, 0.2) is 11.2 Å². The largest absolute Gasteiger partial charge is 0.392 e. The number of aromatic amines is 1. The van der Waals surface area contributed by atoms with Crippen molar-refractivity contribution in [2.75, 3.05) is 10.2 Å². The summed E-state index contributed by atoms with van der Waals surface area (Å²) in [6.45, 7) is 4.09. The number of hydrogen-bond acceptors (Lipinski definition) is 5. The first-order chi connectivity index (χ1) is 9.52. The zero-order valence-corrected chi connectivity index (χ0v) is 12.7. The van der Waals surface area contributed by atoms with Crippen LogP contribution < -0.4 is 11.3 Å². The van der Waals surface area contributed by atoms with Crippen molar-refractivity contribution < 1.29 is 5.11 Å². The molecule has 3 rings (SSSR count).